The molecule has 0 saturated carbocycles. The van der Waals surface area contributed by atoms with Crippen LogP contribution in [0, 0.1) is 6.92 Å². The van der Waals surface area contributed by atoms with Gasteiger partial charge in [-0.15, -0.1) is 0 Å². The van der Waals surface area contributed by atoms with Crippen molar-refractivity contribution in [3.05, 3.63) is 65.6 Å². The summed E-state index contributed by atoms with van der Waals surface area (Å²) in [7, 11) is -0.310. The fourth-order valence-corrected chi connectivity index (χ4v) is 2.91. The second-order valence-electron chi connectivity index (χ2n) is 7.37. The predicted octanol–water partition coefficient (Wildman–Crippen LogP) is 5.31. The highest BCUT2D eigenvalue weighted by molar-refractivity contribution is 6.52. The van der Waals surface area contributed by atoms with Gasteiger partial charge in [0.15, 0.2) is 0 Å². The van der Waals surface area contributed by atoms with Crippen LogP contribution in [0.5, 0.6) is 0 Å². The van der Waals surface area contributed by atoms with Gasteiger partial charge in [-0.05, 0) is 56.9 Å². The molecule has 1 heterocycles. The Morgan fingerprint density at radius 1 is 0.833 bits per heavy atom. The Bertz CT molecular complexity index is 732. The van der Waals surface area contributed by atoms with Gasteiger partial charge in [0, 0.05) is 0 Å². The lowest BCUT2D eigenvalue weighted by molar-refractivity contribution is 0.00578. The smallest absolute Gasteiger partial charge is 0.400 e. The van der Waals surface area contributed by atoms with Crippen molar-refractivity contribution in [2.45, 2.75) is 45.8 Å². The summed E-state index contributed by atoms with van der Waals surface area (Å²) in [6, 6.07) is 16.9. The zero-order valence-corrected chi connectivity index (χ0v) is 15.2. The van der Waals surface area contributed by atoms with E-state index in [-0.39, 0.29) is 18.3 Å². The first-order valence-electron chi connectivity index (χ1n) is 8.49. The minimum absolute atomic E-state index is 0.303. The third-order valence-electron chi connectivity index (χ3n) is 5.16. The van der Waals surface area contributed by atoms with Crippen LogP contribution >= 0.6 is 0 Å². The van der Waals surface area contributed by atoms with Crippen LogP contribution in [-0.4, -0.2) is 18.3 Å². The van der Waals surface area contributed by atoms with Crippen molar-refractivity contribution >= 4 is 13.2 Å². The largest absolute Gasteiger partial charge is 0.487 e. The Morgan fingerprint density at radius 3 is 2.08 bits per heavy atom. The second kappa shape index (κ2) is 6.23. The van der Waals surface area contributed by atoms with Crippen LogP contribution in [0.3, 0.4) is 0 Å². The summed E-state index contributed by atoms with van der Waals surface area (Å²) in [4.78, 5) is 0. The van der Waals surface area contributed by atoms with Gasteiger partial charge in [0.05, 0.1) is 11.2 Å². The lowest BCUT2D eigenvalue weighted by Crippen LogP contribution is -2.41. The lowest BCUT2D eigenvalue weighted by atomic mass is 9.87. The Morgan fingerprint density at radius 2 is 1.46 bits per heavy atom. The molecule has 0 atom stereocenters. The molecule has 2 aromatic carbocycles. The van der Waals surface area contributed by atoms with Crippen LogP contribution < -0.4 is 0 Å². The van der Waals surface area contributed by atoms with Crippen molar-refractivity contribution in [2.75, 3.05) is 0 Å². The lowest BCUT2D eigenvalue weighted by Gasteiger charge is -2.32. The number of rotatable bonds is 3. The maximum Gasteiger partial charge on any atom is 0.487 e. The fourth-order valence-electron chi connectivity index (χ4n) is 2.91. The van der Waals surface area contributed by atoms with Crippen LogP contribution in [-0.2, 0) is 9.31 Å². The molecule has 0 amide bonds. The Labute approximate surface area is 145 Å². The summed E-state index contributed by atoms with van der Waals surface area (Å²) in [6.07, 6.45) is 2.10. The summed E-state index contributed by atoms with van der Waals surface area (Å²) < 4.78 is 12.1. The molecule has 0 unspecified atom stereocenters. The molecule has 0 spiro atoms. The van der Waals surface area contributed by atoms with Gasteiger partial charge < -0.3 is 9.31 Å². The summed E-state index contributed by atoms with van der Waals surface area (Å²) in [6.45, 7) is 10.4. The zero-order chi connectivity index (χ0) is 17.4. The normalized spacial score (nSPS) is 19.1. The van der Waals surface area contributed by atoms with Crippen molar-refractivity contribution in [3.8, 4) is 11.1 Å². The molecule has 1 aliphatic heterocycles. The molecule has 1 aliphatic rings. The number of hydrogen-bond acceptors (Lipinski definition) is 2. The first-order chi connectivity index (χ1) is 11.3. The standard InChI is InChI=1S/C21H25BO2/c1-16-17(12-9-13-19(16)18-10-7-6-8-11-18)14-15-22-23-20(2,3)21(4,5)24-22/h6-15H,1-5H3/b15-14-. The first-order valence-corrected chi connectivity index (χ1v) is 8.49. The molecule has 1 fully saturated rings. The molecule has 1 saturated heterocycles. The molecule has 3 heteroatoms. The molecule has 0 radical (unpaired) electrons. The molecule has 2 nitrogen and oxygen atoms in total. The quantitative estimate of drug-likeness (QED) is 0.714. The van der Waals surface area contributed by atoms with E-state index in [1.54, 1.807) is 0 Å². The maximum absolute atomic E-state index is 6.03. The average Bonchev–Trinajstić information content (AvgIpc) is 2.74. The number of hydrogen-bond donors (Lipinski definition) is 0. The predicted molar refractivity (Wildman–Crippen MR) is 102 cm³/mol. The highest BCUT2D eigenvalue weighted by Crippen LogP contribution is 2.37. The third kappa shape index (κ3) is 3.19. The SMILES string of the molecule is Cc1c(/C=C\B2OC(C)(C)C(C)(C)O2)cccc1-c1ccccc1. The van der Waals surface area contributed by atoms with Gasteiger partial charge in [0.25, 0.3) is 0 Å². The molecule has 24 heavy (non-hydrogen) atoms. The van der Waals surface area contributed by atoms with Gasteiger partial charge in [-0.3, -0.25) is 0 Å². The van der Waals surface area contributed by atoms with Gasteiger partial charge in [0.2, 0.25) is 0 Å². The maximum atomic E-state index is 6.03. The van der Waals surface area contributed by atoms with Crippen LogP contribution in [0.2, 0.25) is 0 Å². The van der Waals surface area contributed by atoms with E-state index in [0.717, 1.165) is 0 Å². The minimum Gasteiger partial charge on any atom is -0.400 e. The summed E-state index contributed by atoms with van der Waals surface area (Å²) in [5, 5.41) is 0. The van der Waals surface area contributed by atoms with Gasteiger partial charge in [-0.2, -0.15) is 0 Å². The van der Waals surface area contributed by atoms with E-state index in [1.807, 2.05) is 12.0 Å². The third-order valence-corrected chi connectivity index (χ3v) is 5.16. The molecule has 0 N–H and O–H groups in total. The van der Waals surface area contributed by atoms with Crippen molar-refractivity contribution in [2.24, 2.45) is 0 Å². The van der Waals surface area contributed by atoms with Crippen LogP contribution in [0.15, 0.2) is 54.5 Å². The number of benzene rings is 2. The van der Waals surface area contributed by atoms with Crippen molar-refractivity contribution in [3.63, 3.8) is 0 Å². The topological polar surface area (TPSA) is 18.5 Å². The summed E-state index contributed by atoms with van der Waals surface area (Å²) in [5.74, 6) is 2.01. The Hall–Kier alpha value is -1.84. The summed E-state index contributed by atoms with van der Waals surface area (Å²) >= 11 is 0. The van der Waals surface area contributed by atoms with Crippen molar-refractivity contribution < 1.29 is 9.31 Å². The van der Waals surface area contributed by atoms with E-state index >= 15 is 0 Å². The van der Waals surface area contributed by atoms with Gasteiger partial charge in [-0.1, -0.05) is 60.6 Å². The monoisotopic (exact) mass is 320 g/mol. The van der Waals surface area contributed by atoms with Crippen LogP contribution in [0.1, 0.15) is 38.8 Å². The average molecular weight is 320 g/mol. The molecule has 0 aliphatic carbocycles. The fraction of sp³-hybridized carbons (Fsp3) is 0.333. The minimum atomic E-state index is -0.310. The molecule has 0 bridgehead atoms. The van der Waals surface area contributed by atoms with Gasteiger partial charge in [-0.25, -0.2) is 0 Å². The van der Waals surface area contributed by atoms with Crippen LogP contribution in [0.25, 0.3) is 17.2 Å². The van der Waals surface area contributed by atoms with Crippen molar-refractivity contribution in [1.82, 2.24) is 0 Å². The van der Waals surface area contributed by atoms with E-state index in [4.69, 9.17) is 9.31 Å². The van der Waals surface area contributed by atoms with E-state index in [0.29, 0.717) is 0 Å². The van der Waals surface area contributed by atoms with Gasteiger partial charge >= 0.3 is 7.12 Å². The highest BCUT2D eigenvalue weighted by atomic mass is 16.7. The molecule has 3 rings (SSSR count). The second-order valence-corrected chi connectivity index (χ2v) is 7.37. The van der Waals surface area contributed by atoms with E-state index in [2.05, 4.69) is 83.2 Å². The molecule has 2 aromatic rings. The Balaban J connectivity index is 1.84. The zero-order valence-electron chi connectivity index (χ0n) is 15.2. The summed E-state index contributed by atoms with van der Waals surface area (Å²) in [5.41, 5.74) is 4.33. The molecular weight excluding hydrogens is 295 g/mol. The van der Waals surface area contributed by atoms with Crippen LogP contribution in [0.4, 0.5) is 0 Å². The highest BCUT2D eigenvalue weighted by Gasteiger charge is 2.49. The Kier molecular flexibility index (Phi) is 4.41. The molecule has 0 aromatic heterocycles. The van der Waals surface area contributed by atoms with E-state index in [9.17, 15) is 0 Å². The van der Waals surface area contributed by atoms with Crippen molar-refractivity contribution in [1.29, 1.82) is 0 Å². The molecule has 124 valence electrons. The molecular formula is C21H25BO2. The van der Waals surface area contributed by atoms with E-state index < -0.39 is 0 Å². The van der Waals surface area contributed by atoms with Gasteiger partial charge in [0.1, 0.15) is 0 Å². The van der Waals surface area contributed by atoms with E-state index in [1.165, 1.54) is 22.3 Å². The first kappa shape index (κ1) is 17.0.